The maximum absolute atomic E-state index is 6.21. The van der Waals surface area contributed by atoms with E-state index in [0.29, 0.717) is 5.02 Å². The molecule has 0 aliphatic rings. The van der Waals surface area contributed by atoms with Gasteiger partial charge >= 0.3 is 0 Å². The Kier molecular flexibility index (Phi) is 5.50. The van der Waals surface area contributed by atoms with Crippen LogP contribution in [0, 0.1) is 6.92 Å². The highest BCUT2D eigenvalue weighted by Crippen LogP contribution is 2.22. The Hall–Kier alpha value is -1.45. The number of nitrogens with one attached hydrogen (secondary N) is 1. The van der Waals surface area contributed by atoms with E-state index in [9.17, 15) is 0 Å². The second kappa shape index (κ2) is 7.36. The number of halogens is 1. The number of aromatic nitrogens is 2. The van der Waals surface area contributed by atoms with Gasteiger partial charge in [-0.05, 0) is 55.6 Å². The van der Waals surface area contributed by atoms with Crippen LogP contribution < -0.4 is 5.32 Å². The Morgan fingerprint density at radius 3 is 2.85 bits per heavy atom. The third-order valence-electron chi connectivity index (χ3n) is 3.21. The molecule has 0 fully saturated rings. The molecule has 0 saturated heterocycles. The van der Waals surface area contributed by atoms with E-state index in [1.54, 1.807) is 12.4 Å². The highest BCUT2D eigenvalue weighted by atomic mass is 35.5. The predicted octanol–water partition coefficient (Wildman–Crippen LogP) is 3.72. The van der Waals surface area contributed by atoms with Crippen molar-refractivity contribution >= 4 is 11.6 Å². The van der Waals surface area contributed by atoms with E-state index in [-0.39, 0.29) is 6.04 Å². The minimum atomic E-state index is 0.176. The second-order valence-electron chi connectivity index (χ2n) is 4.94. The molecule has 2 rings (SSSR count). The molecule has 2 aromatic rings. The molecule has 2 heterocycles. The Morgan fingerprint density at radius 2 is 2.15 bits per heavy atom. The molecule has 0 aliphatic carbocycles. The molecule has 0 amide bonds. The summed E-state index contributed by atoms with van der Waals surface area (Å²) in [7, 11) is 0. The molecule has 20 heavy (non-hydrogen) atoms. The summed E-state index contributed by atoms with van der Waals surface area (Å²) in [5, 5.41) is 4.26. The summed E-state index contributed by atoms with van der Waals surface area (Å²) in [6.07, 6.45) is 7.24. The summed E-state index contributed by atoms with van der Waals surface area (Å²) in [6.45, 7) is 5.21. The lowest BCUT2D eigenvalue weighted by molar-refractivity contribution is 0.517. The Balaban J connectivity index is 2.21. The first-order valence-electron chi connectivity index (χ1n) is 6.95. The van der Waals surface area contributed by atoms with E-state index in [4.69, 9.17) is 11.6 Å². The van der Waals surface area contributed by atoms with Crippen LogP contribution in [0.2, 0.25) is 5.02 Å². The fourth-order valence-electron chi connectivity index (χ4n) is 2.14. The van der Waals surface area contributed by atoms with Crippen molar-refractivity contribution in [3.63, 3.8) is 0 Å². The summed E-state index contributed by atoms with van der Waals surface area (Å²) >= 11 is 6.21. The van der Waals surface area contributed by atoms with Crippen LogP contribution in [0.3, 0.4) is 0 Å². The van der Waals surface area contributed by atoms with Crippen molar-refractivity contribution in [1.29, 1.82) is 0 Å². The fraction of sp³-hybridized carbons (Fsp3) is 0.375. The Labute approximate surface area is 125 Å². The van der Waals surface area contributed by atoms with Crippen LogP contribution in [0.15, 0.2) is 36.8 Å². The van der Waals surface area contributed by atoms with Gasteiger partial charge in [-0.3, -0.25) is 9.97 Å². The van der Waals surface area contributed by atoms with Crippen molar-refractivity contribution in [1.82, 2.24) is 15.3 Å². The van der Waals surface area contributed by atoms with Crippen molar-refractivity contribution in [2.45, 2.75) is 32.7 Å². The van der Waals surface area contributed by atoms with Gasteiger partial charge in [-0.1, -0.05) is 18.5 Å². The lowest BCUT2D eigenvalue weighted by Gasteiger charge is -2.19. The predicted molar refractivity (Wildman–Crippen MR) is 83.0 cm³/mol. The second-order valence-corrected chi connectivity index (χ2v) is 5.34. The van der Waals surface area contributed by atoms with E-state index in [1.165, 1.54) is 5.56 Å². The van der Waals surface area contributed by atoms with Gasteiger partial charge in [0.1, 0.15) is 0 Å². The normalized spacial score (nSPS) is 12.3. The van der Waals surface area contributed by atoms with Crippen molar-refractivity contribution in [2.75, 3.05) is 6.54 Å². The van der Waals surface area contributed by atoms with Crippen molar-refractivity contribution in [2.24, 2.45) is 0 Å². The lowest BCUT2D eigenvalue weighted by atomic mass is 10.0. The first-order valence-corrected chi connectivity index (χ1v) is 7.33. The minimum Gasteiger partial charge on any atom is -0.308 e. The van der Waals surface area contributed by atoms with Crippen molar-refractivity contribution in [3.8, 4) is 0 Å². The SMILES string of the molecule is CCCNC(Cc1ccncc1Cl)c1cc(C)ccn1. The molecule has 1 unspecified atom stereocenters. The number of hydrogen-bond acceptors (Lipinski definition) is 3. The van der Waals surface area contributed by atoms with E-state index >= 15 is 0 Å². The molecule has 4 heteroatoms. The molecule has 0 spiro atoms. The third kappa shape index (κ3) is 4.02. The molecule has 1 N–H and O–H groups in total. The maximum atomic E-state index is 6.21. The molecule has 0 saturated carbocycles. The van der Waals surface area contributed by atoms with Gasteiger partial charge in [0.25, 0.3) is 0 Å². The van der Waals surface area contributed by atoms with Gasteiger partial charge in [0.15, 0.2) is 0 Å². The number of hydrogen-bond donors (Lipinski definition) is 1. The van der Waals surface area contributed by atoms with E-state index < -0.39 is 0 Å². The maximum Gasteiger partial charge on any atom is 0.0622 e. The van der Waals surface area contributed by atoms with Crippen LogP contribution >= 0.6 is 11.6 Å². The first-order chi connectivity index (χ1) is 9.70. The van der Waals surface area contributed by atoms with Crippen LogP contribution in [0.5, 0.6) is 0 Å². The smallest absolute Gasteiger partial charge is 0.0622 e. The number of aryl methyl sites for hydroxylation is 1. The van der Waals surface area contributed by atoms with Crippen molar-refractivity contribution < 1.29 is 0 Å². The van der Waals surface area contributed by atoms with Gasteiger partial charge < -0.3 is 5.32 Å². The summed E-state index contributed by atoms with van der Waals surface area (Å²) in [4.78, 5) is 8.53. The van der Waals surface area contributed by atoms with Crippen LogP contribution in [0.4, 0.5) is 0 Å². The van der Waals surface area contributed by atoms with Gasteiger partial charge in [0.2, 0.25) is 0 Å². The van der Waals surface area contributed by atoms with Crippen LogP contribution in [0.25, 0.3) is 0 Å². The first kappa shape index (κ1) is 14.9. The lowest BCUT2D eigenvalue weighted by Crippen LogP contribution is -2.25. The van der Waals surface area contributed by atoms with Crippen LogP contribution in [0.1, 0.15) is 36.2 Å². The summed E-state index contributed by atoms with van der Waals surface area (Å²) in [5.41, 5.74) is 3.38. The van der Waals surface area contributed by atoms with E-state index in [0.717, 1.165) is 30.6 Å². The highest BCUT2D eigenvalue weighted by molar-refractivity contribution is 6.31. The van der Waals surface area contributed by atoms with Crippen molar-refractivity contribution in [3.05, 3.63) is 58.6 Å². The summed E-state index contributed by atoms with van der Waals surface area (Å²) in [6, 6.07) is 6.29. The molecule has 2 aromatic heterocycles. The average Bonchev–Trinajstić information content (AvgIpc) is 2.45. The Bertz CT molecular complexity index is 557. The van der Waals surface area contributed by atoms with Crippen LogP contribution in [-0.4, -0.2) is 16.5 Å². The largest absolute Gasteiger partial charge is 0.308 e. The average molecular weight is 290 g/mol. The molecule has 0 radical (unpaired) electrons. The topological polar surface area (TPSA) is 37.8 Å². The number of pyridine rings is 2. The number of nitrogens with zero attached hydrogens (tertiary/aromatic N) is 2. The summed E-state index contributed by atoms with van der Waals surface area (Å²) < 4.78 is 0. The molecular formula is C16H20ClN3. The zero-order valence-corrected chi connectivity index (χ0v) is 12.7. The van der Waals surface area contributed by atoms with E-state index in [2.05, 4.69) is 35.2 Å². The summed E-state index contributed by atoms with van der Waals surface area (Å²) in [5.74, 6) is 0. The minimum absolute atomic E-state index is 0.176. The highest BCUT2D eigenvalue weighted by Gasteiger charge is 2.14. The Morgan fingerprint density at radius 1 is 1.30 bits per heavy atom. The molecule has 106 valence electrons. The standard InChI is InChI=1S/C16H20ClN3/c1-3-6-19-16(15-9-12(2)4-8-20-15)10-13-5-7-18-11-14(13)17/h4-5,7-9,11,16,19H,3,6,10H2,1-2H3. The van der Waals surface area contributed by atoms with Gasteiger partial charge in [-0.15, -0.1) is 0 Å². The molecule has 3 nitrogen and oxygen atoms in total. The molecular weight excluding hydrogens is 270 g/mol. The van der Waals surface area contributed by atoms with E-state index in [1.807, 2.05) is 18.3 Å². The molecule has 0 aliphatic heterocycles. The fourth-order valence-corrected chi connectivity index (χ4v) is 2.34. The van der Waals surface area contributed by atoms with Gasteiger partial charge in [-0.25, -0.2) is 0 Å². The zero-order chi connectivity index (χ0) is 14.4. The van der Waals surface area contributed by atoms with Gasteiger partial charge in [-0.2, -0.15) is 0 Å². The van der Waals surface area contributed by atoms with Gasteiger partial charge in [0, 0.05) is 18.6 Å². The number of rotatable bonds is 6. The zero-order valence-electron chi connectivity index (χ0n) is 11.9. The van der Waals surface area contributed by atoms with Crippen LogP contribution in [-0.2, 0) is 6.42 Å². The quantitative estimate of drug-likeness (QED) is 0.881. The van der Waals surface area contributed by atoms with Gasteiger partial charge in [0.05, 0.1) is 16.8 Å². The third-order valence-corrected chi connectivity index (χ3v) is 3.56. The molecule has 1 atom stereocenters. The molecule has 0 bridgehead atoms. The monoisotopic (exact) mass is 289 g/mol. The molecule has 0 aromatic carbocycles.